The SMILES string of the molecule is CCOC(=O)CCC(CSCc1ccc(OC)cc1)NC(=O)OC(C)(C)C. The van der Waals surface area contributed by atoms with Gasteiger partial charge in [0.05, 0.1) is 13.7 Å². The van der Waals surface area contributed by atoms with Crippen molar-refractivity contribution in [2.75, 3.05) is 19.5 Å². The Morgan fingerprint density at radius 3 is 2.41 bits per heavy atom. The van der Waals surface area contributed by atoms with E-state index < -0.39 is 11.7 Å². The highest BCUT2D eigenvalue weighted by atomic mass is 32.2. The van der Waals surface area contributed by atoms with Crippen LogP contribution in [0.3, 0.4) is 0 Å². The summed E-state index contributed by atoms with van der Waals surface area (Å²) >= 11 is 1.69. The first-order valence-corrected chi connectivity index (χ1v) is 10.2. The molecule has 0 fully saturated rings. The fraction of sp³-hybridized carbons (Fsp3) is 0.600. The lowest BCUT2D eigenvalue weighted by atomic mass is 10.2. The van der Waals surface area contributed by atoms with Crippen LogP contribution in [0.15, 0.2) is 24.3 Å². The zero-order valence-corrected chi connectivity index (χ0v) is 17.7. The molecule has 0 spiro atoms. The predicted octanol–water partition coefficient (Wildman–Crippen LogP) is 4.17. The van der Waals surface area contributed by atoms with E-state index in [1.54, 1.807) is 25.8 Å². The molecule has 27 heavy (non-hydrogen) atoms. The molecule has 1 amide bonds. The van der Waals surface area contributed by atoms with Gasteiger partial charge < -0.3 is 19.5 Å². The number of carbonyl (C=O) groups is 2. The molecule has 0 aliphatic carbocycles. The van der Waals surface area contributed by atoms with Crippen LogP contribution in [0.5, 0.6) is 5.75 Å². The van der Waals surface area contributed by atoms with E-state index in [1.165, 1.54) is 5.56 Å². The van der Waals surface area contributed by atoms with E-state index in [0.717, 1.165) is 11.5 Å². The maximum Gasteiger partial charge on any atom is 0.407 e. The van der Waals surface area contributed by atoms with Gasteiger partial charge in [-0.15, -0.1) is 0 Å². The summed E-state index contributed by atoms with van der Waals surface area (Å²) in [6.45, 7) is 7.59. The van der Waals surface area contributed by atoms with Crippen LogP contribution < -0.4 is 10.1 Å². The average Bonchev–Trinajstić information content (AvgIpc) is 2.58. The second-order valence-corrected chi connectivity index (χ2v) is 8.08. The van der Waals surface area contributed by atoms with Gasteiger partial charge in [0.25, 0.3) is 0 Å². The molecule has 0 bridgehead atoms. The molecule has 7 heteroatoms. The van der Waals surface area contributed by atoms with Crippen LogP contribution in [0.25, 0.3) is 0 Å². The van der Waals surface area contributed by atoms with Gasteiger partial charge in [0, 0.05) is 24.0 Å². The van der Waals surface area contributed by atoms with Crippen molar-refractivity contribution < 1.29 is 23.8 Å². The third-order valence-corrected chi connectivity index (χ3v) is 4.65. The summed E-state index contributed by atoms with van der Waals surface area (Å²) in [6.07, 6.45) is 0.298. The van der Waals surface area contributed by atoms with E-state index in [-0.39, 0.29) is 18.4 Å². The molecule has 1 rings (SSSR count). The van der Waals surface area contributed by atoms with E-state index in [1.807, 2.05) is 45.0 Å². The van der Waals surface area contributed by atoms with E-state index in [4.69, 9.17) is 14.2 Å². The van der Waals surface area contributed by atoms with Crippen molar-refractivity contribution in [2.24, 2.45) is 0 Å². The highest BCUT2D eigenvalue weighted by Crippen LogP contribution is 2.18. The number of thioether (sulfide) groups is 1. The number of alkyl carbamates (subject to hydrolysis) is 1. The van der Waals surface area contributed by atoms with Gasteiger partial charge in [-0.05, 0) is 51.8 Å². The molecule has 0 aromatic heterocycles. The number of nitrogens with one attached hydrogen (secondary N) is 1. The summed E-state index contributed by atoms with van der Waals surface area (Å²) in [5.41, 5.74) is 0.605. The van der Waals surface area contributed by atoms with Crippen LogP contribution in [0.1, 0.15) is 46.1 Å². The molecule has 0 heterocycles. The lowest BCUT2D eigenvalue weighted by Gasteiger charge is -2.23. The van der Waals surface area contributed by atoms with Crippen molar-refractivity contribution in [3.05, 3.63) is 29.8 Å². The van der Waals surface area contributed by atoms with E-state index in [0.29, 0.717) is 18.8 Å². The first kappa shape index (κ1) is 23.1. The Kier molecular flexibility index (Phi) is 10.1. The first-order valence-electron chi connectivity index (χ1n) is 9.09. The molecule has 6 nitrogen and oxygen atoms in total. The summed E-state index contributed by atoms with van der Waals surface area (Å²) < 4.78 is 15.5. The van der Waals surface area contributed by atoms with Crippen molar-refractivity contribution in [3.63, 3.8) is 0 Å². The summed E-state index contributed by atoms with van der Waals surface area (Å²) in [4.78, 5) is 23.7. The monoisotopic (exact) mass is 397 g/mol. The number of ether oxygens (including phenoxy) is 3. The first-order chi connectivity index (χ1) is 12.7. The summed E-state index contributed by atoms with van der Waals surface area (Å²) in [7, 11) is 1.64. The van der Waals surface area contributed by atoms with Gasteiger partial charge in [0.15, 0.2) is 0 Å². The van der Waals surface area contributed by atoms with Crippen LogP contribution in [0.4, 0.5) is 4.79 Å². The third-order valence-electron chi connectivity index (χ3n) is 3.47. The summed E-state index contributed by atoms with van der Waals surface area (Å²) in [6, 6.07) is 7.70. The number of rotatable bonds is 10. The van der Waals surface area contributed by atoms with Gasteiger partial charge in [-0.1, -0.05) is 12.1 Å². The molecule has 0 saturated carbocycles. The molecular formula is C20H31NO5S. The molecule has 0 saturated heterocycles. The number of carbonyl (C=O) groups excluding carboxylic acids is 2. The van der Waals surface area contributed by atoms with Crippen molar-refractivity contribution >= 4 is 23.8 Å². The van der Waals surface area contributed by atoms with Crippen molar-refractivity contribution in [1.29, 1.82) is 0 Å². The number of benzene rings is 1. The van der Waals surface area contributed by atoms with Crippen LogP contribution in [0.2, 0.25) is 0 Å². The molecule has 1 unspecified atom stereocenters. The lowest BCUT2D eigenvalue weighted by Crippen LogP contribution is -2.40. The minimum atomic E-state index is -0.563. The largest absolute Gasteiger partial charge is 0.497 e. The van der Waals surface area contributed by atoms with Crippen LogP contribution >= 0.6 is 11.8 Å². The Labute approximate surface area is 166 Å². The number of amides is 1. The zero-order chi connectivity index (χ0) is 20.3. The fourth-order valence-electron chi connectivity index (χ4n) is 2.24. The molecule has 0 radical (unpaired) electrons. The highest BCUT2D eigenvalue weighted by molar-refractivity contribution is 7.98. The summed E-state index contributed by atoms with van der Waals surface area (Å²) in [5.74, 6) is 2.04. The van der Waals surface area contributed by atoms with Crippen molar-refractivity contribution in [3.8, 4) is 5.75 Å². The van der Waals surface area contributed by atoms with Gasteiger partial charge in [0.1, 0.15) is 11.4 Å². The van der Waals surface area contributed by atoms with Crippen LogP contribution in [-0.4, -0.2) is 43.2 Å². The topological polar surface area (TPSA) is 73.9 Å². The van der Waals surface area contributed by atoms with Gasteiger partial charge >= 0.3 is 12.1 Å². The average molecular weight is 398 g/mol. The predicted molar refractivity (Wildman–Crippen MR) is 108 cm³/mol. The van der Waals surface area contributed by atoms with Crippen LogP contribution in [0, 0.1) is 0 Å². The minimum absolute atomic E-state index is 0.174. The van der Waals surface area contributed by atoms with Crippen LogP contribution in [-0.2, 0) is 20.0 Å². The molecule has 1 aromatic rings. The lowest BCUT2D eigenvalue weighted by molar-refractivity contribution is -0.143. The van der Waals surface area contributed by atoms with E-state index in [9.17, 15) is 9.59 Å². The number of esters is 1. The maximum atomic E-state index is 12.1. The quantitative estimate of drug-likeness (QED) is 0.598. The van der Waals surface area contributed by atoms with Gasteiger partial charge in [-0.3, -0.25) is 4.79 Å². The molecule has 0 aliphatic rings. The normalized spacial score (nSPS) is 12.2. The van der Waals surface area contributed by atoms with Gasteiger partial charge in [0.2, 0.25) is 0 Å². The van der Waals surface area contributed by atoms with E-state index in [2.05, 4.69) is 5.32 Å². The molecular weight excluding hydrogens is 366 g/mol. The Morgan fingerprint density at radius 1 is 1.19 bits per heavy atom. The Morgan fingerprint density at radius 2 is 1.85 bits per heavy atom. The smallest absolute Gasteiger partial charge is 0.407 e. The fourth-order valence-corrected chi connectivity index (χ4v) is 3.32. The Balaban J connectivity index is 2.54. The molecule has 1 N–H and O–H groups in total. The number of hydrogen-bond donors (Lipinski definition) is 1. The molecule has 0 aliphatic heterocycles. The Bertz CT molecular complexity index is 583. The van der Waals surface area contributed by atoms with E-state index >= 15 is 0 Å². The maximum absolute atomic E-state index is 12.1. The number of methoxy groups -OCH3 is 1. The molecule has 152 valence electrons. The second kappa shape index (κ2) is 11.7. The second-order valence-electron chi connectivity index (χ2n) is 7.05. The molecule has 1 atom stereocenters. The Hall–Kier alpha value is -1.89. The van der Waals surface area contributed by atoms with Gasteiger partial charge in [-0.25, -0.2) is 4.79 Å². The zero-order valence-electron chi connectivity index (χ0n) is 16.9. The van der Waals surface area contributed by atoms with Crippen molar-refractivity contribution in [2.45, 2.75) is 57.9 Å². The summed E-state index contributed by atoms with van der Waals surface area (Å²) in [5, 5.41) is 2.87. The van der Waals surface area contributed by atoms with Crippen molar-refractivity contribution in [1.82, 2.24) is 5.32 Å². The number of hydrogen-bond acceptors (Lipinski definition) is 6. The highest BCUT2D eigenvalue weighted by Gasteiger charge is 2.20. The standard InChI is InChI=1S/C20H31NO5S/c1-6-25-18(22)12-9-16(21-19(23)26-20(2,3)4)14-27-13-15-7-10-17(24-5)11-8-15/h7-8,10-11,16H,6,9,12-14H2,1-5H3,(H,21,23). The van der Waals surface area contributed by atoms with Gasteiger partial charge in [-0.2, -0.15) is 11.8 Å². The minimum Gasteiger partial charge on any atom is -0.497 e. The third kappa shape index (κ3) is 10.8. The molecule has 1 aromatic carbocycles.